The van der Waals surface area contributed by atoms with Gasteiger partial charge in [-0.1, -0.05) is 33.6 Å². The second kappa shape index (κ2) is 5.93. The van der Waals surface area contributed by atoms with Crippen molar-refractivity contribution in [3.63, 3.8) is 0 Å². The molecule has 0 aliphatic heterocycles. The number of aliphatic hydroxyl groups excluding tert-OH is 2. The molecular formula is C12H12BrClN2O2. The minimum absolute atomic E-state index is 0.377. The number of aromatic nitrogens is 2. The van der Waals surface area contributed by atoms with Crippen LogP contribution in [0.2, 0.25) is 5.15 Å². The molecule has 0 amide bonds. The maximum absolute atomic E-state index is 10.0. The van der Waals surface area contributed by atoms with Crippen molar-refractivity contribution in [3.05, 3.63) is 35.2 Å². The Morgan fingerprint density at radius 1 is 1.28 bits per heavy atom. The van der Waals surface area contributed by atoms with Gasteiger partial charge in [0.1, 0.15) is 17.6 Å². The standard InChI is InChI=1S/C12H12BrClN2O2/c13-4-3-10(17)11(18)7-1-2-8-9(5-7)15-6-16-12(8)14/h1-2,5-6,10-11,17-18H,3-4H2. The van der Waals surface area contributed by atoms with Gasteiger partial charge in [-0.3, -0.25) is 0 Å². The summed E-state index contributed by atoms with van der Waals surface area (Å²) in [6.07, 6.45) is 0.110. The van der Waals surface area contributed by atoms with Gasteiger partial charge in [0, 0.05) is 10.7 Å². The molecule has 1 aromatic heterocycles. The number of alkyl halides is 1. The van der Waals surface area contributed by atoms with Crippen LogP contribution in [0.1, 0.15) is 18.1 Å². The maximum atomic E-state index is 10.0. The lowest BCUT2D eigenvalue weighted by Gasteiger charge is -2.17. The predicted octanol–water partition coefficient (Wildman–Crippen LogP) is 2.46. The molecule has 18 heavy (non-hydrogen) atoms. The number of fused-ring (bicyclic) bond motifs is 1. The minimum Gasteiger partial charge on any atom is -0.390 e. The third kappa shape index (κ3) is 2.80. The fourth-order valence-electron chi connectivity index (χ4n) is 1.72. The van der Waals surface area contributed by atoms with Crippen molar-refractivity contribution >= 4 is 38.4 Å². The van der Waals surface area contributed by atoms with E-state index < -0.39 is 12.2 Å². The molecule has 1 aromatic carbocycles. The van der Waals surface area contributed by atoms with Gasteiger partial charge in [0.2, 0.25) is 0 Å². The zero-order valence-corrected chi connectivity index (χ0v) is 11.8. The van der Waals surface area contributed by atoms with Crippen molar-refractivity contribution in [2.24, 2.45) is 0 Å². The summed E-state index contributed by atoms with van der Waals surface area (Å²) in [5.74, 6) is 0. The van der Waals surface area contributed by atoms with E-state index in [1.807, 2.05) is 0 Å². The Kier molecular flexibility index (Phi) is 4.50. The summed E-state index contributed by atoms with van der Waals surface area (Å²) in [4.78, 5) is 7.98. The summed E-state index contributed by atoms with van der Waals surface area (Å²) in [6, 6.07) is 5.18. The molecule has 1 heterocycles. The number of benzene rings is 1. The Hall–Kier alpha value is -0.750. The first-order valence-electron chi connectivity index (χ1n) is 5.45. The number of rotatable bonds is 4. The average Bonchev–Trinajstić information content (AvgIpc) is 2.38. The quantitative estimate of drug-likeness (QED) is 0.667. The zero-order chi connectivity index (χ0) is 13.1. The predicted molar refractivity (Wildman–Crippen MR) is 73.9 cm³/mol. The van der Waals surface area contributed by atoms with Crippen LogP contribution in [0.25, 0.3) is 10.9 Å². The van der Waals surface area contributed by atoms with E-state index in [0.717, 1.165) is 5.39 Å². The molecule has 0 bridgehead atoms. The van der Waals surface area contributed by atoms with Crippen LogP contribution < -0.4 is 0 Å². The topological polar surface area (TPSA) is 66.2 Å². The number of hydrogen-bond acceptors (Lipinski definition) is 4. The highest BCUT2D eigenvalue weighted by molar-refractivity contribution is 9.09. The summed E-state index contributed by atoms with van der Waals surface area (Å²) in [6.45, 7) is 0. The molecule has 6 heteroatoms. The highest BCUT2D eigenvalue weighted by atomic mass is 79.9. The van der Waals surface area contributed by atoms with Crippen LogP contribution >= 0.6 is 27.5 Å². The summed E-state index contributed by atoms with van der Waals surface area (Å²) >= 11 is 9.16. The van der Waals surface area contributed by atoms with Crippen molar-refractivity contribution in [2.75, 3.05) is 5.33 Å². The normalized spacial score (nSPS) is 14.7. The lowest BCUT2D eigenvalue weighted by atomic mass is 10.0. The van der Waals surface area contributed by atoms with E-state index >= 15 is 0 Å². The fourth-order valence-corrected chi connectivity index (χ4v) is 2.39. The van der Waals surface area contributed by atoms with Crippen molar-refractivity contribution in [1.82, 2.24) is 9.97 Å². The monoisotopic (exact) mass is 330 g/mol. The van der Waals surface area contributed by atoms with Gasteiger partial charge < -0.3 is 10.2 Å². The smallest absolute Gasteiger partial charge is 0.140 e. The first-order valence-corrected chi connectivity index (χ1v) is 6.95. The van der Waals surface area contributed by atoms with E-state index in [0.29, 0.717) is 28.0 Å². The van der Waals surface area contributed by atoms with E-state index in [-0.39, 0.29) is 0 Å². The zero-order valence-electron chi connectivity index (χ0n) is 9.42. The number of aliphatic hydroxyl groups is 2. The Labute approximate surface area is 118 Å². The van der Waals surface area contributed by atoms with Gasteiger partial charge in [-0.2, -0.15) is 0 Å². The average molecular weight is 332 g/mol. The van der Waals surface area contributed by atoms with E-state index in [4.69, 9.17) is 11.6 Å². The summed E-state index contributed by atoms with van der Waals surface area (Å²) < 4.78 is 0. The molecule has 0 saturated heterocycles. The molecule has 0 aliphatic carbocycles. The molecule has 2 aromatic rings. The second-order valence-corrected chi connectivity index (χ2v) is 5.08. The molecule has 96 valence electrons. The van der Waals surface area contributed by atoms with Crippen molar-refractivity contribution in [3.8, 4) is 0 Å². The molecule has 4 nitrogen and oxygen atoms in total. The Morgan fingerprint density at radius 2 is 2.06 bits per heavy atom. The molecule has 0 spiro atoms. The van der Waals surface area contributed by atoms with Crippen LogP contribution in [0.3, 0.4) is 0 Å². The van der Waals surface area contributed by atoms with E-state index in [1.165, 1.54) is 6.33 Å². The largest absolute Gasteiger partial charge is 0.390 e. The second-order valence-electron chi connectivity index (χ2n) is 3.93. The highest BCUT2D eigenvalue weighted by Crippen LogP contribution is 2.25. The van der Waals surface area contributed by atoms with Gasteiger partial charge >= 0.3 is 0 Å². The highest BCUT2D eigenvalue weighted by Gasteiger charge is 2.18. The van der Waals surface area contributed by atoms with Crippen LogP contribution in [-0.2, 0) is 0 Å². The molecule has 2 N–H and O–H groups in total. The van der Waals surface area contributed by atoms with Crippen molar-refractivity contribution in [2.45, 2.75) is 18.6 Å². The Morgan fingerprint density at radius 3 is 2.78 bits per heavy atom. The van der Waals surface area contributed by atoms with E-state index in [1.54, 1.807) is 18.2 Å². The van der Waals surface area contributed by atoms with Gasteiger partial charge in [0.25, 0.3) is 0 Å². The summed E-state index contributed by atoms with van der Waals surface area (Å²) in [5.41, 5.74) is 1.27. The molecule has 0 saturated carbocycles. The van der Waals surface area contributed by atoms with Crippen molar-refractivity contribution in [1.29, 1.82) is 0 Å². The molecule has 2 unspecified atom stereocenters. The molecule has 0 radical (unpaired) electrons. The molecular weight excluding hydrogens is 320 g/mol. The fraction of sp³-hybridized carbons (Fsp3) is 0.333. The van der Waals surface area contributed by atoms with Gasteiger partial charge in [0.15, 0.2) is 0 Å². The van der Waals surface area contributed by atoms with Crippen LogP contribution in [-0.4, -0.2) is 31.6 Å². The van der Waals surface area contributed by atoms with Crippen LogP contribution in [0.15, 0.2) is 24.5 Å². The van der Waals surface area contributed by atoms with Crippen LogP contribution in [0.5, 0.6) is 0 Å². The van der Waals surface area contributed by atoms with Gasteiger partial charge in [0.05, 0.1) is 11.6 Å². The first kappa shape index (κ1) is 13.7. The van der Waals surface area contributed by atoms with Crippen LogP contribution in [0.4, 0.5) is 0 Å². The third-order valence-corrected chi connectivity index (χ3v) is 3.48. The SMILES string of the molecule is OC(CCBr)C(O)c1ccc2c(Cl)ncnc2c1. The Balaban J connectivity index is 2.35. The first-order chi connectivity index (χ1) is 8.63. The van der Waals surface area contributed by atoms with E-state index in [9.17, 15) is 10.2 Å². The molecule has 0 aliphatic rings. The summed E-state index contributed by atoms with van der Waals surface area (Å²) in [7, 11) is 0. The lowest BCUT2D eigenvalue weighted by Crippen LogP contribution is -2.18. The Bertz CT molecular complexity index is 553. The minimum atomic E-state index is -0.930. The van der Waals surface area contributed by atoms with Gasteiger partial charge in [-0.25, -0.2) is 9.97 Å². The van der Waals surface area contributed by atoms with Crippen LogP contribution in [0, 0.1) is 0 Å². The lowest BCUT2D eigenvalue weighted by molar-refractivity contribution is 0.0174. The molecule has 0 fully saturated rings. The number of hydrogen-bond donors (Lipinski definition) is 2. The van der Waals surface area contributed by atoms with Crippen molar-refractivity contribution < 1.29 is 10.2 Å². The summed E-state index contributed by atoms with van der Waals surface area (Å²) in [5, 5.41) is 21.5. The third-order valence-electron chi connectivity index (χ3n) is 2.72. The van der Waals surface area contributed by atoms with Gasteiger partial charge in [-0.15, -0.1) is 0 Å². The molecule has 2 atom stereocenters. The number of halogens is 2. The maximum Gasteiger partial charge on any atom is 0.140 e. The molecule has 2 rings (SSSR count). The number of nitrogens with zero attached hydrogens (tertiary/aromatic N) is 2. The van der Waals surface area contributed by atoms with Gasteiger partial charge in [-0.05, 0) is 24.1 Å². The van der Waals surface area contributed by atoms with E-state index in [2.05, 4.69) is 25.9 Å².